The van der Waals surface area contributed by atoms with Crippen molar-refractivity contribution in [3.05, 3.63) is 69.0 Å². The van der Waals surface area contributed by atoms with Gasteiger partial charge in [0.15, 0.2) is 11.3 Å². The highest BCUT2D eigenvalue weighted by Gasteiger charge is 2.54. The van der Waals surface area contributed by atoms with Gasteiger partial charge in [0.05, 0.1) is 25.2 Å². The van der Waals surface area contributed by atoms with Gasteiger partial charge in [-0.25, -0.2) is 14.4 Å². The van der Waals surface area contributed by atoms with Crippen molar-refractivity contribution in [3.8, 4) is 0 Å². The maximum atomic E-state index is 13.6. The number of nitrogens with zero attached hydrogens (tertiary/aromatic N) is 1. The Morgan fingerprint density at radius 1 is 1.26 bits per heavy atom. The van der Waals surface area contributed by atoms with E-state index in [1.165, 1.54) is 6.92 Å². The topological polar surface area (TPSA) is 189 Å². The number of benzene rings is 1. The van der Waals surface area contributed by atoms with Crippen molar-refractivity contribution in [3.63, 3.8) is 0 Å². The highest BCUT2D eigenvalue weighted by atomic mass is 32.2. The summed E-state index contributed by atoms with van der Waals surface area (Å²) in [6, 6.07) is 10.1. The monoisotopic (exact) mass is 587 g/mol. The van der Waals surface area contributed by atoms with Gasteiger partial charge in [0.25, 0.3) is 5.56 Å². The van der Waals surface area contributed by atoms with Crippen molar-refractivity contribution in [2.24, 2.45) is 5.41 Å². The molecule has 39 heavy (non-hydrogen) atoms. The first kappa shape index (κ1) is 31.4. The molecule has 13 nitrogen and oxygen atoms in total. The van der Waals surface area contributed by atoms with Gasteiger partial charge in [0.1, 0.15) is 17.8 Å². The SMILES string of the molecule is CC(C)(CO)C(=O)SCCOP(=O)(NCc1ccccc1)OC[C@H]1O[C@@H](n2ccc(=O)[nH]c2=O)C(C)(O)C1O. The van der Waals surface area contributed by atoms with Crippen LogP contribution in [-0.2, 0) is 29.7 Å². The first-order chi connectivity index (χ1) is 18.3. The second kappa shape index (κ2) is 13.0. The lowest BCUT2D eigenvalue weighted by molar-refractivity contribution is -0.119. The van der Waals surface area contributed by atoms with Crippen LogP contribution in [0.15, 0.2) is 52.2 Å². The number of aliphatic hydroxyl groups excluding tert-OH is 2. The zero-order chi connectivity index (χ0) is 28.8. The summed E-state index contributed by atoms with van der Waals surface area (Å²) in [5.41, 5.74) is -3.60. The summed E-state index contributed by atoms with van der Waals surface area (Å²) < 4.78 is 31.3. The van der Waals surface area contributed by atoms with Crippen LogP contribution in [-0.4, -0.2) is 73.4 Å². The van der Waals surface area contributed by atoms with E-state index in [9.17, 15) is 34.3 Å². The average molecular weight is 588 g/mol. The van der Waals surface area contributed by atoms with E-state index in [0.717, 1.165) is 34.2 Å². The van der Waals surface area contributed by atoms with Gasteiger partial charge in [0.2, 0.25) is 0 Å². The van der Waals surface area contributed by atoms with E-state index in [1.54, 1.807) is 38.1 Å². The lowest BCUT2D eigenvalue weighted by Gasteiger charge is -2.27. The number of aromatic amines is 1. The van der Waals surface area contributed by atoms with E-state index in [4.69, 9.17) is 13.8 Å². The molecule has 5 N–H and O–H groups in total. The molecular weight excluding hydrogens is 553 g/mol. The zero-order valence-electron chi connectivity index (χ0n) is 21.8. The molecule has 0 spiro atoms. The summed E-state index contributed by atoms with van der Waals surface area (Å²) in [7, 11) is -4.03. The van der Waals surface area contributed by atoms with Crippen molar-refractivity contribution in [1.82, 2.24) is 14.6 Å². The normalized spacial score (nSPS) is 24.9. The van der Waals surface area contributed by atoms with Gasteiger partial charge in [-0.15, -0.1) is 0 Å². The van der Waals surface area contributed by atoms with E-state index in [1.807, 2.05) is 6.07 Å². The third-order valence-corrected chi connectivity index (χ3v) is 8.85. The Labute approximate surface area is 229 Å². The average Bonchev–Trinajstić information content (AvgIpc) is 3.13. The molecule has 0 saturated carbocycles. The van der Waals surface area contributed by atoms with Gasteiger partial charge in [-0.1, -0.05) is 42.1 Å². The fourth-order valence-corrected chi connectivity index (χ4v) is 5.86. The third kappa shape index (κ3) is 7.97. The summed E-state index contributed by atoms with van der Waals surface area (Å²) in [6.07, 6.45) is -3.03. The fourth-order valence-electron chi connectivity index (χ4n) is 3.63. The highest BCUT2D eigenvalue weighted by molar-refractivity contribution is 8.13. The van der Waals surface area contributed by atoms with Gasteiger partial charge < -0.3 is 20.1 Å². The molecule has 1 aromatic heterocycles. The molecule has 0 amide bonds. The third-order valence-electron chi connectivity index (χ3n) is 6.11. The van der Waals surface area contributed by atoms with Gasteiger partial charge in [-0.3, -0.25) is 28.2 Å². The lowest BCUT2D eigenvalue weighted by atomic mass is 9.96. The summed E-state index contributed by atoms with van der Waals surface area (Å²) in [5, 5.41) is 33.4. The lowest BCUT2D eigenvalue weighted by Crippen LogP contribution is -2.46. The molecule has 15 heteroatoms. The molecule has 0 aliphatic carbocycles. The molecule has 5 atom stereocenters. The van der Waals surface area contributed by atoms with E-state index >= 15 is 0 Å². The number of aromatic nitrogens is 2. The van der Waals surface area contributed by atoms with Crippen molar-refractivity contribution in [1.29, 1.82) is 0 Å². The first-order valence-electron chi connectivity index (χ1n) is 12.1. The van der Waals surface area contributed by atoms with Gasteiger partial charge >= 0.3 is 13.4 Å². The second-order valence-corrected chi connectivity index (χ2v) is 12.7. The number of ether oxygens (including phenoxy) is 1. The maximum absolute atomic E-state index is 13.6. The minimum Gasteiger partial charge on any atom is -0.395 e. The predicted molar refractivity (Wildman–Crippen MR) is 143 cm³/mol. The second-order valence-electron chi connectivity index (χ2n) is 9.84. The number of rotatable bonds is 13. The largest absolute Gasteiger partial charge is 0.405 e. The molecule has 3 unspecified atom stereocenters. The van der Waals surface area contributed by atoms with Crippen molar-refractivity contribution >= 4 is 24.6 Å². The molecule has 216 valence electrons. The van der Waals surface area contributed by atoms with Crippen LogP contribution in [0.2, 0.25) is 0 Å². The number of hydrogen-bond donors (Lipinski definition) is 5. The highest BCUT2D eigenvalue weighted by Crippen LogP contribution is 2.46. The number of thioether (sulfide) groups is 1. The standard InChI is InChI=1S/C24H34N3O10PS/c1-23(2,15-28)21(31)39-12-11-35-38(34,25-13-16-7-5-4-6-8-16)36-14-17-19(30)24(3,33)20(37-17)27-10-9-18(29)26-22(27)32/h4-10,17,19-20,28,30,33H,11-15H2,1-3H3,(H,25,34)(H,26,29,32)/t17-,19?,20-,24?,38?/m1/s1. The summed E-state index contributed by atoms with van der Waals surface area (Å²) in [4.78, 5) is 37.9. The van der Waals surface area contributed by atoms with E-state index in [2.05, 4.69) is 10.1 Å². The maximum Gasteiger partial charge on any atom is 0.405 e. The fraction of sp³-hybridized carbons (Fsp3) is 0.542. The molecule has 1 aliphatic rings. The molecule has 1 aliphatic heterocycles. The summed E-state index contributed by atoms with van der Waals surface area (Å²) in [6.45, 7) is 3.63. The summed E-state index contributed by atoms with van der Waals surface area (Å²) in [5.74, 6) is 0.136. The molecule has 2 heterocycles. The van der Waals surface area contributed by atoms with E-state index in [0.29, 0.717) is 0 Å². The van der Waals surface area contributed by atoms with Crippen LogP contribution in [0.5, 0.6) is 0 Å². The van der Waals surface area contributed by atoms with Crippen LogP contribution < -0.4 is 16.3 Å². The summed E-state index contributed by atoms with van der Waals surface area (Å²) >= 11 is 0.923. The van der Waals surface area contributed by atoms with Crippen LogP contribution in [0.4, 0.5) is 0 Å². The number of aliphatic hydroxyl groups is 3. The van der Waals surface area contributed by atoms with Crippen LogP contribution in [0.25, 0.3) is 0 Å². The van der Waals surface area contributed by atoms with Gasteiger partial charge in [0, 0.05) is 24.6 Å². The molecule has 0 bridgehead atoms. The smallest absolute Gasteiger partial charge is 0.395 e. The number of H-pyrrole nitrogens is 1. The molecule has 3 rings (SSSR count). The van der Waals surface area contributed by atoms with E-state index < -0.39 is 55.1 Å². The minimum absolute atomic E-state index is 0.114. The quantitative estimate of drug-likeness (QED) is 0.164. The van der Waals surface area contributed by atoms with Gasteiger partial charge in [-0.2, -0.15) is 0 Å². The van der Waals surface area contributed by atoms with E-state index in [-0.39, 0.29) is 30.6 Å². The van der Waals surface area contributed by atoms with Crippen LogP contribution in [0.3, 0.4) is 0 Å². The molecule has 0 radical (unpaired) electrons. The Bertz CT molecular complexity index is 1280. The molecular formula is C24H34N3O10PS. The van der Waals surface area contributed by atoms with Crippen molar-refractivity contribution in [2.45, 2.75) is 51.4 Å². The molecule has 1 saturated heterocycles. The Balaban J connectivity index is 1.69. The Hall–Kier alpha value is -2.13. The number of carbonyl (C=O) groups excluding carboxylic acids is 1. The van der Waals surface area contributed by atoms with Crippen LogP contribution in [0, 0.1) is 5.41 Å². The van der Waals surface area contributed by atoms with Crippen molar-refractivity contribution < 1.29 is 38.5 Å². The number of carbonyl (C=O) groups is 1. The molecule has 1 aromatic carbocycles. The van der Waals surface area contributed by atoms with Crippen LogP contribution in [0.1, 0.15) is 32.6 Å². The van der Waals surface area contributed by atoms with Gasteiger partial charge in [-0.05, 0) is 26.3 Å². The predicted octanol–water partition coefficient (Wildman–Crippen LogP) is 0.755. The van der Waals surface area contributed by atoms with Crippen molar-refractivity contribution in [2.75, 3.05) is 25.6 Å². The Morgan fingerprint density at radius 2 is 1.95 bits per heavy atom. The molecule has 1 fully saturated rings. The zero-order valence-corrected chi connectivity index (χ0v) is 23.5. The minimum atomic E-state index is -4.03. The number of hydrogen-bond acceptors (Lipinski definition) is 11. The Morgan fingerprint density at radius 3 is 2.59 bits per heavy atom. The molecule has 2 aromatic rings. The Kier molecular flexibility index (Phi) is 10.5. The van der Waals surface area contributed by atoms with Crippen LogP contribution >= 0.6 is 19.5 Å². The number of nitrogens with one attached hydrogen (secondary N) is 2. The first-order valence-corrected chi connectivity index (χ1v) is 14.7.